The van der Waals surface area contributed by atoms with Crippen LogP contribution in [0.3, 0.4) is 0 Å². The number of ether oxygens (including phenoxy) is 1. The Morgan fingerprint density at radius 2 is 1.60 bits per heavy atom. The highest BCUT2D eigenvalue weighted by Gasteiger charge is 2.20. The van der Waals surface area contributed by atoms with Gasteiger partial charge in [-0.1, -0.05) is 54.6 Å². The first-order chi connectivity index (χ1) is 16.8. The van der Waals surface area contributed by atoms with Crippen molar-refractivity contribution in [2.75, 3.05) is 17.9 Å². The van der Waals surface area contributed by atoms with Gasteiger partial charge in [0.15, 0.2) is 0 Å². The largest absolute Gasteiger partial charge is 0.491 e. The molecule has 0 saturated carbocycles. The van der Waals surface area contributed by atoms with Crippen LogP contribution in [0.4, 0.5) is 5.69 Å². The van der Waals surface area contributed by atoms with Gasteiger partial charge >= 0.3 is 0 Å². The van der Waals surface area contributed by atoms with Gasteiger partial charge in [-0.15, -0.1) is 0 Å². The van der Waals surface area contributed by atoms with E-state index in [0.717, 1.165) is 27.6 Å². The Morgan fingerprint density at radius 3 is 2.43 bits per heavy atom. The van der Waals surface area contributed by atoms with Gasteiger partial charge in [-0.3, -0.25) is 9.52 Å². The van der Waals surface area contributed by atoms with Gasteiger partial charge in [-0.2, -0.15) is 0 Å². The van der Waals surface area contributed by atoms with Gasteiger partial charge in [0.2, 0.25) is 0 Å². The Morgan fingerprint density at radius 1 is 0.857 bits per heavy atom. The van der Waals surface area contributed by atoms with E-state index in [4.69, 9.17) is 4.74 Å². The number of aryl methyl sites for hydroxylation is 2. The zero-order chi connectivity index (χ0) is 25.0. The Balaban J connectivity index is 1.43. The average Bonchev–Trinajstić information content (AvgIpc) is 2.84. The second-order valence-electron chi connectivity index (χ2n) is 8.41. The van der Waals surface area contributed by atoms with Crippen molar-refractivity contribution in [3.05, 3.63) is 101 Å². The topological polar surface area (TPSA) is 84.5 Å². The van der Waals surface area contributed by atoms with Crippen LogP contribution >= 0.6 is 0 Å². The van der Waals surface area contributed by atoms with Gasteiger partial charge < -0.3 is 10.1 Å². The minimum Gasteiger partial charge on any atom is -0.491 e. The summed E-state index contributed by atoms with van der Waals surface area (Å²) in [6.45, 7) is 6.05. The van der Waals surface area contributed by atoms with Gasteiger partial charge in [0.05, 0.1) is 17.1 Å². The summed E-state index contributed by atoms with van der Waals surface area (Å²) in [6, 6.07) is 23.9. The lowest BCUT2D eigenvalue weighted by molar-refractivity contribution is 0.0947. The number of benzene rings is 4. The van der Waals surface area contributed by atoms with E-state index in [2.05, 4.69) is 10.0 Å². The molecule has 0 aliphatic heterocycles. The van der Waals surface area contributed by atoms with Crippen LogP contribution in [-0.2, 0) is 10.0 Å². The zero-order valence-corrected chi connectivity index (χ0v) is 20.8. The second kappa shape index (κ2) is 10.2. The Labute approximate surface area is 206 Å². The fourth-order valence-corrected chi connectivity index (χ4v) is 5.24. The number of carbonyl (C=O) groups is 1. The van der Waals surface area contributed by atoms with Crippen molar-refractivity contribution in [1.82, 2.24) is 5.32 Å². The molecule has 1 amide bonds. The van der Waals surface area contributed by atoms with E-state index in [-0.39, 0.29) is 29.5 Å². The quantitative estimate of drug-likeness (QED) is 0.326. The van der Waals surface area contributed by atoms with Gasteiger partial charge in [0.25, 0.3) is 15.9 Å². The fraction of sp³-hybridized carbons (Fsp3) is 0.179. The van der Waals surface area contributed by atoms with E-state index in [0.29, 0.717) is 11.3 Å². The zero-order valence-electron chi connectivity index (χ0n) is 20.0. The lowest BCUT2D eigenvalue weighted by atomic mass is 10.1. The molecule has 0 bridgehead atoms. The summed E-state index contributed by atoms with van der Waals surface area (Å²) in [5, 5.41) is 4.89. The number of anilines is 1. The third-order valence-corrected chi connectivity index (χ3v) is 7.49. The van der Waals surface area contributed by atoms with E-state index >= 15 is 0 Å². The molecule has 0 aliphatic carbocycles. The van der Waals surface area contributed by atoms with Gasteiger partial charge in [-0.05, 0) is 67.1 Å². The number of sulfonamides is 1. The Kier molecular flexibility index (Phi) is 7.07. The number of carbonyl (C=O) groups excluding carboxylic acids is 1. The van der Waals surface area contributed by atoms with Crippen molar-refractivity contribution in [3.63, 3.8) is 0 Å². The minimum atomic E-state index is -3.88. The van der Waals surface area contributed by atoms with E-state index in [1.54, 1.807) is 31.2 Å². The highest BCUT2D eigenvalue weighted by atomic mass is 32.2. The second-order valence-corrected chi connectivity index (χ2v) is 10.1. The molecule has 6 nitrogen and oxygen atoms in total. The lowest BCUT2D eigenvalue weighted by Gasteiger charge is -2.15. The van der Waals surface area contributed by atoms with E-state index < -0.39 is 10.0 Å². The minimum absolute atomic E-state index is 0.0676. The number of fused-ring (bicyclic) bond motifs is 1. The molecule has 0 saturated heterocycles. The van der Waals surface area contributed by atoms with E-state index in [9.17, 15) is 13.2 Å². The monoisotopic (exact) mass is 488 g/mol. The summed E-state index contributed by atoms with van der Waals surface area (Å²) in [4.78, 5) is 12.8. The molecule has 180 valence electrons. The number of hydrogen-bond acceptors (Lipinski definition) is 4. The summed E-state index contributed by atoms with van der Waals surface area (Å²) in [5.41, 5.74) is 3.18. The maximum absolute atomic E-state index is 13.1. The molecule has 4 aromatic rings. The molecule has 0 heterocycles. The molecule has 0 unspecified atom stereocenters. The number of amides is 1. The Hall–Kier alpha value is -3.84. The van der Waals surface area contributed by atoms with E-state index in [1.807, 2.05) is 62.4 Å². The summed E-state index contributed by atoms with van der Waals surface area (Å²) in [5.74, 6) is 0.383. The van der Waals surface area contributed by atoms with E-state index in [1.165, 1.54) is 6.07 Å². The van der Waals surface area contributed by atoms with Gasteiger partial charge in [-0.25, -0.2) is 8.42 Å². The normalized spacial score (nSPS) is 11.3. The predicted octanol–water partition coefficient (Wildman–Crippen LogP) is 5.37. The van der Waals surface area contributed by atoms with Crippen LogP contribution in [0.2, 0.25) is 0 Å². The van der Waals surface area contributed by atoms with Crippen molar-refractivity contribution in [2.24, 2.45) is 0 Å². The SMILES string of the molecule is Cc1ccc(C(=O)NCCOc2cccc3ccccc23)cc1S(=O)(=O)Nc1cccc(C)c1C. The highest BCUT2D eigenvalue weighted by Crippen LogP contribution is 2.26. The molecule has 35 heavy (non-hydrogen) atoms. The predicted molar refractivity (Wildman–Crippen MR) is 140 cm³/mol. The third-order valence-electron chi connectivity index (χ3n) is 5.98. The standard InChI is InChI=1S/C28H28N2O4S/c1-19-8-6-12-25(21(19)3)30-35(32,33)27-18-23(15-14-20(27)2)28(31)29-16-17-34-26-13-7-10-22-9-4-5-11-24(22)26/h4-15,18,30H,16-17H2,1-3H3,(H,29,31). The average molecular weight is 489 g/mol. The van der Waals surface area contributed by atoms with Crippen LogP contribution in [0.1, 0.15) is 27.0 Å². The van der Waals surface area contributed by atoms with Crippen molar-refractivity contribution in [2.45, 2.75) is 25.7 Å². The summed E-state index contributed by atoms with van der Waals surface area (Å²) < 4.78 is 34.8. The van der Waals surface area contributed by atoms with Crippen LogP contribution in [0.5, 0.6) is 5.75 Å². The molecule has 4 aromatic carbocycles. The van der Waals surface area contributed by atoms with Crippen molar-refractivity contribution in [3.8, 4) is 5.75 Å². The molecule has 0 radical (unpaired) electrons. The molecule has 4 rings (SSSR count). The van der Waals surface area contributed by atoms with Crippen LogP contribution in [-0.4, -0.2) is 27.5 Å². The molecule has 0 fully saturated rings. The van der Waals surface area contributed by atoms with Gasteiger partial charge in [0.1, 0.15) is 12.4 Å². The van der Waals surface area contributed by atoms with Crippen LogP contribution < -0.4 is 14.8 Å². The Bertz CT molecular complexity index is 1490. The molecular weight excluding hydrogens is 460 g/mol. The van der Waals surface area contributed by atoms with Gasteiger partial charge in [0, 0.05) is 10.9 Å². The maximum Gasteiger partial charge on any atom is 0.262 e. The molecule has 0 spiro atoms. The smallest absolute Gasteiger partial charge is 0.262 e. The van der Waals surface area contributed by atoms with Crippen LogP contribution in [0, 0.1) is 20.8 Å². The van der Waals surface area contributed by atoms with Crippen molar-refractivity contribution >= 4 is 32.4 Å². The molecule has 0 aromatic heterocycles. The fourth-order valence-electron chi connectivity index (χ4n) is 3.84. The summed E-state index contributed by atoms with van der Waals surface area (Å²) in [6.07, 6.45) is 0. The summed E-state index contributed by atoms with van der Waals surface area (Å²) in [7, 11) is -3.88. The van der Waals surface area contributed by atoms with Crippen LogP contribution in [0.25, 0.3) is 10.8 Å². The molecule has 7 heteroatoms. The number of rotatable bonds is 8. The van der Waals surface area contributed by atoms with Crippen LogP contribution in [0.15, 0.2) is 83.8 Å². The number of hydrogen-bond donors (Lipinski definition) is 2. The molecule has 0 atom stereocenters. The van der Waals surface area contributed by atoms with Crippen molar-refractivity contribution < 1.29 is 17.9 Å². The number of nitrogens with one attached hydrogen (secondary N) is 2. The molecule has 0 aliphatic rings. The summed E-state index contributed by atoms with van der Waals surface area (Å²) >= 11 is 0. The first-order valence-electron chi connectivity index (χ1n) is 11.3. The third kappa shape index (κ3) is 5.46. The maximum atomic E-state index is 13.1. The van der Waals surface area contributed by atoms with Crippen molar-refractivity contribution in [1.29, 1.82) is 0 Å². The molecule has 2 N–H and O–H groups in total. The first kappa shape index (κ1) is 24.3. The lowest BCUT2D eigenvalue weighted by Crippen LogP contribution is -2.28. The molecular formula is C28H28N2O4S. The highest BCUT2D eigenvalue weighted by molar-refractivity contribution is 7.92. The first-order valence-corrected chi connectivity index (χ1v) is 12.8.